The molecule has 0 unspecified atom stereocenters. The van der Waals surface area contributed by atoms with Crippen LogP contribution >= 0.6 is 11.6 Å². The summed E-state index contributed by atoms with van der Waals surface area (Å²) in [7, 11) is 0. The SMILES string of the molecule is Cc1ccc(C(=O)NC2(CCl)CCC2)c(O)c1. The van der Waals surface area contributed by atoms with Crippen molar-refractivity contribution < 1.29 is 9.90 Å². The van der Waals surface area contributed by atoms with Crippen LogP contribution in [0, 0.1) is 6.92 Å². The van der Waals surface area contributed by atoms with Crippen molar-refractivity contribution in [3.63, 3.8) is 0 Å². The fourth-order valence-corrected chi connectivity index (χ4v) is 2.37. The van der Waals surface area contributed by atoms with Gasteiger partial charge in [0.15, 0.2) is 0 Å². The van der Waals surface area contributed by atoms with Crippen LogP contribution in [0.25, 0.3) is 0 Å². The van der Waals surface area contributed by atoms with Crippen LogP contribution in [0.4, 0.5) is 0 Å². The molecule has 1 aliphatic rings. The number of benzene rings is 1. The second kappa shape index (κ2) is 4.57. The predicted molar refractivity (Wildman–Crippen MR) is 67.6 cm³/mol. The van der Waals surface area contributed by atoms with E-state index in [0.29, 0.717) is 11.4 Å². The molecule has 0 saturated heterocycles. The molecule has 1 aromatic carbocycles. The molecule has 0 spiro atoms. The Morgan fingerprint density at radius 1 is 1.53 bits per heavy atom. The maximum atomic E-state index is 12.0. The highest BCUT2D eigenvalue weighted by Gasteiger charge is 2.37. The minimum Gasteiger partial charge on any atom is -0.507 e. The molecule has 92 valence electrons. The number of aromatic hydroxyl groups is 1. The molecule has 1 fully saturated rings. The van der Waals surface area contributed by atoms with Crippen molar-refractivity contribution in [2.45, 2.75) is 31.7 Å². The first kappa shape index (κ1) is 12.2. The third kappa shape index (κ3) is 2.39. The van der Waals surface area contributed by atoms with Crippen LogP contribution in [0.15, 0.2) is 18.2 Å². The van der Waals surface area contributed by atoms with E-state index in [4.69, 9.17) is 11.6 Å². The lowest BCUT2D eigenvalue weighted by atomic mass is 9.78. The van der Waals surface area contributed by atoms with Crippen molar-refractivity contribution in [1.29, 1.82) is 0 Å². The van der Waals surface area contributed by atoms with E-state index in [-0.39, 0.29) is 17.2 Å². The lowest BCUT2D eigenvalue weighted by Gasteiger charge is -2.41. The van der Waals surface area contributed by atoms with E-state index in [1.54, 1.807) is 12.1 Å². The zero-order valence-electron chi connectivity index (χ0n) is 9.79. The number of carbonyl (C=O) groups excluding carboxylic acids is 1. The van der Waals surface area contributed by atoms with Crippen LogP contribution in [-0.4, -0.2) is 22.4 Å². The van der Waals surface area contributed by atoms with E-state index in [0.717, 1.165) is 24.8 Å². The molecule has 2 rings (SSSR count). The van der Waals surface area contributed by atoms with Gasteiger partial charge in [0.2, 0.25) is 0 Å². The molecule has 1 aliphatic carbocycles. The summed E-state index contributed by atoms with van der Waals surface area (Å²) in [5, 5.41) is 12.7. The Morgan fingerprint density at radius 3 is 2.71 bits per heavy atom. The Bertz CT molecular complexity index is 436. The van der Waals surface area contributed by atoms with Gasteiger partial charge >= 0.3 is 0 Å². The van der Waals surface area contributed by atoms with Crippen LogP contribution in [0.1, 0.15) is 35.2 Å². The molecule has 0 heterocycles. The van der Waals surface area contributed by atoms with E-state index in [1.807, 2.05) is 13.0 Å². The Labute approximate surface area is 106 Å². The van der Waals surface area contributed by atoms with Crippen LogP contribution in [0.2, 0.25) is 0 Å². The fraction of sp³-hybridized carbons (Fsp3) is 0.462. The molecular formula is C13H16ClNO2. The van der Waals surface area contributed by atoms with Gasteiger partial charge in [-0.25, -0.2) is 0 Å². The quantitative estimate of drug-likeness (QED) is 0.814. The Balaban J connectivity index is 2.14. The highest BCUT2D eigenvalue weighted by atomic mass is 35.5. The lowest BCUT2D eigenvalue weighted by molar-refractivity contribution is 0.0851. The van der Waals surface area contributed by atoms with Crippen molar-refractivity contribution in [3.05, 3.63) is 29.3 Å². The number of rotatable bonds is 3. The number of aryl methyl sites for hydroxylation is 1. The molecule has 0 aromatic heterocycles. The van der Waals surface area contributed by atoms with Crippen LogP contribution in [0.5, 0.6) is 5.75 Å². The van der Waals surface area contributed by atoms with Gasteiger partial charge in [-0.3, -0.25) is 4.79 Å². The summed E-state index contributed by atoms with van der Waals surface area (Å²) in [5.74, 6) is 0.195. The summed E-state index contributed by atoms with van der Waals surface area (Å²) in [6.45, 7) is 1.87. The second-order valence-electron chi connectivity index (χ2n) is 4.74. The third-order valence-electron chi connectivity index (χ3n) is 3.34. The minimum atomic E-state index is -0.268. The first-order valence-corrected chi connectivity index (χ1v) is 6.28. The number of amides is 1. The normalized spacial score (nSPS) is 17.3. The molecule has 3 nitrogen and oxygen atoms in total. The van der Waals surface area contributed by atoms with Gasteiger partial charge in [-0.1, -0.05) is 6.07 Å². The van der Waals surface area contributed by atoms with E-state index in [1.165, 1.54) is 0 Å². The molecular weight excluding hydrogens is 238 g/mol. The summed E-state index contributed by atoms with van der Waals surface area (Å²) in [6.07, 6.45) is 2.91. The number of nitrogens with one attached hydrogen (secondary N) is 1. The van der Waals surface area contributed by atoms with Gasteiger partial charge in [-0.2, -0.15) is 0 Å². The van der Waals surface area contributed by atoms with Gasteiger partial charge in [0.05, 0.1) is 11.1 Å². The summed E-state index contributed by atoms with van der Waals surface area (Å²) < 4.78 is 0. The standard InChI is InChI=1S/C13H16ClNO2/c1-9-3-4-10(11(16)7-9)12(17)15-13(8-14)5-2-6-13/h3-4,7,16H,2,5-6,8H2,1H3,(H,15,17). The van der Waals surface area contributed by atoms with Crippen LogP contribution < -0.4 is 5.32 Å². The monoisotopic (exact) mass is 253 g/mol. The average Bonchev–Trinajstić information content (AvgIpc) is 2.23. The second-order valence-corrected chi connectivity index (χ2v) is 5.01. The zero-order valence-corrected chi connectivity index (χ0v) is 10.5. The molecule has 0 aliphatic heterocycles. The smallest absolute Gasteiger partial charge is 0.255 e. The van der Waals surface area contributed by atoms with E-state index >= 15 is 0 Å². The summed E-state index contributed by atoms with van der Waals surface area (Å²) in [4.78, 5) is 12.0. The average molecular weight is 254 g/mol. The number of alkyl halides is 1. The number of phenolic OH excluding ortho intramolecular Hbond substituents is 1. The first-order chi connectivity index (χ1) is 8.06. The number of hydrogen-bond donors (Lipinski definition) is 2. The van der Waals surface area contributed by atoms with Crippen LogP contribution in [0.3, 0.4) is 0 Å². The molecule has 1 amide bonds. The maximum Gasteiger partial charge on any atom is 0.255 e. The largest absolute Gasteiger partial charge is 0.507 e. The number of phenols is 1. The molecule has 0 bridgehead atoms. The predicted octanol–water partition coefficient (Wildman–Crippen LogP) is 2.59. The van der Waals surface area contributed by atoms with Gasteiger partial charge in [0, 0.05) is 5.88 Å². The van der Waals surface area contributed by atoms with Crippen LogP contribution in [-0.2, 0) is 0 Å². The molecule has 1 aromatic rings. The van der Waals surface area contributed by atoms with E-state index in [2.05, 4.69) is 5.32 Å². The van der Waals surface area contributed by atoms with E-state index < -0.39 is 0 Å². The Morgan fingerprint density at radius 2 is 2.24 bits per heavy atom. The van der Waals surface area contributed by atoms with Gasteiger partial charge in [0.25, 0.3) is 5.91 Å². The lowest BCUT2D eigenvalue weighted by Crippen LogP contribution is -2.55. The summed E-state index contributed by atoms with van der Waals surface area (Å²) >= 11 is 5.88. The number of hydrogen-bond acceptors (Lipinski definition) is 2. The summed E-state index contributed by atoms with van der Waals surface area (Å²) in [6, 6.07) is 5.03. The zero-order chi connectivity index (χ0) is 12.5. The topological polar surface area (TPSA) is 49.3 Å². The van der Waals surface area contributed by atoms with Gasteiger partial charge < -0.3 is 10.4 Å². The molecule has 2 N–H and O–H groups in total. The Hall–Kier alpha value is -1.22. The van der Waals surface area contributed by atoms with Crippen molar-refractivity contribution >= 4 is 17.5 Å². The van der Waals surface area contributed by atoms with Gasteiger partial charge in [-0.15, -0.1) is 11.6 Å². The maximum absolute atomic E-state index is 12.0. The highest BCUT2D eigenvalue weighted by Crippen LogP contribution is 2.33. The summed E-state index contributed by atoms with van der Waals surface area (Å²) in [5.41, 5.74) is 0.970. The molecule has 1 saturated carbocycles. The molecule has 4 heteroatoms. The van der Waals surface area contributed by atoms with Gasteiger partial charge in [-0.05, 0) is 43.9 Å². The highest BCUT2D eigenvalue weighted by molar-refractivity contribution is 6.19. The first-order valence-electron chi connectivity index (χ1n) is 5.74. The fourth-order valence-electron chi connectivity index (χ4n) is 2.04. The van der Waals surface area contributed by atoms with Crippen molar-refractivity contribution in [1.82, 2.24) is 5.32 Å². The molecule has 0 atom stereocenters. The van der Waals surface area contributed by atoms with Crippen molar-refractivity contribution in [2.24, 2.45) is 0 Å². The van der Waals surface area contributed by atoms with Crippen molar-refractivity contribution in [2.75, 3.05) is 5.88 Å². The molecule has 0 radical (unpaired) electrons. The minimum absolute atomic E-state index is 0.0199. The number of halogens is 1. The third-order valence-corrected chi connectivity index (χ3v) is 3.85. The van der Waals surface area contributed by atoms with Gasteiger partial charge in [0.1, 0.15) is 5.75 Å². The number of carbonyl (C=O) groups is 1. The van der Waals surface area contributed by atoms with Crippen molar-refractivity contribution in [3.8, 4) is 5.75 Å². The Kier molecular flexibility index (Phi) is 3.29. The van der Waals surface area contributed by atoms with E-state index in [9.17, 15) is 9.90 Å². The molecule has 17 heavy (non-hydrogen) atoms.